The Morgan fingerprint density at radius 2 is 1.96 bits per heavy atom. The van der Waals surface area contributed by atoms with E-state index >= 15 is 0 Å². The lowest BCUT2D eigenvalue weighted by Crippen LogP contribution is -2.30. The molecule has 1 atom stereocenters. The molecule has 0 saturated carbocycles. The fourth-order valence-corrected chi connectivity index (χ4v) is 2.04. The van der Waals surface area contributed by atoms with Crippen LogP contribution in [0.1, 0.15) is 12.5 Å². The third-order valence-corrected chi connectivity index (χ3v) is 3.30. The fraction of sp³-hybridized carbons (Fsp3) is 0.308. The van der Waals surface area contributed by atoms with Crippen molar-refractivity contribution in [2.75, 3.05) is 6.54 Å². The van der Waals surface area contributed by atoms with Gasteiger partial charge in [-0.3, -0.25) is 24.5 Å². The van der Waals surface area contributed by atoms with Gasteiger partial charge in [0.1, 0.15) is 0 Å². The van der Waals surface area contributed by atoms with E-state index in [9.17, 15) is 24.5 Å². The number of rotatable bonds is 6. The van der Waals surface area contributed by atoms with Crippen LogP contribution in [0, 0.1) is 16.0 Å². The van der Waals surface area contributed by atoms with Crippen LogP contribution in [0.5, 0.6) is 0 Å². The summed E-state index contributed by atoms with van der Waals surface area (Å²) in [4.78, 5) is 48.6. The van der Waals surface area contributed by atoms with Gasteiger partial charge < -0.3 is 20.4 Å². The van der Waals surface area contributed by atoms with Crippen LogP contribution in [0.15, 0.2) is 21.7 Å². The topological polar surface area (TPSA) is 158 Å². The number of aliphatic carboxylic acids is 1. The van der Waals surface area contributed by atoms with Gasteiger partial charge in [-0.05, 0) is 5.56 Å². The Morgan fingerprint density at radius 1 is 1.33 bits per heavy atom. The molecule has 1 aromatic carbocycles. The van der Waals surface area contributed by atoms with Crippen LogP contribution in [0.2, 0.25) is 0 Å². The molecule has 2 rings (SSSR count). The SMILES string of the molecule is CC(CNCc1cc([N+](=O)[O-])cc2[nH]c(=O)c(=O)[nH]c12)C(=O)O.Cl. The summed E-state index contributed by atoms with van der Waals surface area (Å²) in [6, 6.07) is 2.41. The van der Waals surface area contributed by atoms with E-state index < -0.39 is 27.9 Å². The normalized spacial score (nSPS) is 11.7. The molecule has 1 unspecified atom stereocenters. The highest BCUT2D eigenvalue weighted by Gasteiger charge is 2.15. The molecule has 1 aromatic heterocycles. The number of nitrogens with one attached hydrogen (secondary N) is 3. The minimum Gasteiger partial charge on any atom is -0.481 e. The van der Waals surface area contributed by atoms with Gasteiger partial charge in [-0.1, -0.05) is 6.92 Å². The first kappa shape index (κ1) is 19.3. The zero-order valence-electron chi connectivity index (χ0n) is 12.5. The maximum Gasteiger partial charge on any atom is 0.314 e. The van der Waals surface area contributed by atoms with Crippen molar-refractivity contribution in [3.63, 3.8) is 0 Å². The number of aromatic nitrogens is 2. The fourth-order valence-electron chi connectivity index (χ4n) is 2.04. The molecular weight excluding hydrogens is 344 g/mol. The maximum absolute atomic E-state index is 11.4. The van der Waals surface area contributed by atoms with Crippen LogP contribution in [0.25, 0.3) is 11.0 Å². The number of halogens is 1. The summed E-state index contributed by atoms with van der Waals surface area (Å²) in [5.74, 6) is -1.61. The van der Waals surface area contributed by atoms with Crippen LogP contribution in [-0.4, -0.2) is 32.5 Å². The molecule has 0 bridgehead atoms. The van der Waals surface area contributed by atoms with Crippen molar-refractivity contribution < 1.29 is 14.8 Å². The maximum atomic E-state index is 11.4. The molecule has 0 aliphatic rings. The smallest absolute Gasteiger partial charge is 0.314 e. The van der Waals surface area contributed by atoms with E-state index in [1.807, 2.05) is 0 Å². The number of hydrogen-bond donors (Lipinski definition) is 4. The molecule has 0 fully saturated rings. The molecule has 1 heterocycles. The third-order valence-electron chi connectivity index (χ3n) is 3.30. The van der Waals surface area contributed by atoms with Gasteiger partial charge in [-0.25, -0.2) is 0 Å². The second-order valence-electron chi connectivity index (χ2n) is 5.06. The zero-order chi connectivity index (χ0) is 17.1. The number of fused-ring (bicyclic) bond motifs is 1. The molecule has 0 aliphatic carbocycles. The van der Waals surface area contributed by atoms with Crippen molar-refractivity contribution in [2.45, 2.75) is 13.5 Å². The van der Waals surface area contributed by atoms with Crippen molar-refractivity contribution >= 4 is 35.1 Å². The molecule has 24 heavy (non-hydrogen) atoms. The Kier molecular flexibility index (Phi) is 6.20. The molecule has 0 aliphatic heterocycles. The van der Waals surface area contributed by atoms with Crippen molar-refractivity contribution in [1.29, 1.82) is 0 Å². The summed E-state index contributed by atoms with van der Waals surface area (Å²) in [7, 11) is 0. The number of carboxylic acids is 1. The first-order valence-electron chi connectivity index (χ1n) is 6.66. The van der Waals surface area contributed by atoms with E-state index in [0.29, 0.717) is 5.56 Å². The summed E-state index contributed by atoms with van der Waals surface area (Å²) in [5, 5.41) is 22.6. The van der Waals surface area contributed by atoms with E-state index in [1.54, 1.807) is 0 Å². The van der Waals surface area contributed by atoms with E-state index in [0.717, 1.165) is 6.07 Å². The monoisotopic (exact) mass is 358 g/mol. The third kappa shape index (κ3) is 4.18. The van der Waals surface area contributed by atoms with Gasteiger partial charge >= 0.3 is 17.1 Å². The largest absolute Gasteiger partial charge is 0.481 e. The van der Waals surface area contributed by atoms with Crippen molar-refractivity contribution in [2.24, 2.45) is 5.92 Å². The summed E-state index contributed by atoms with van der Waals surface area (Å²) in [5.41, 5.74) is -1.26. The molecule has 130 valence electrons. The van der Waals surface area contributed by atoms with Crippen molar-refractivity contribution in [3.05, 3.63) is 48.5 Å². The number of aromatic amines is 2. The molecule has 0 amide bonds. The van der Waals surface area contributed by atoms with Crippen LogP contribution < -0.4 is 16.4 Å². The number of nitro groups is 1. The average molecular weight is 359 g/mol. The summed E-state index contributed by atoms with van der Waals surface area (Å²) in [6.07, 6.45) is 0. The van der Waals surface area contributed by atoms with Gasteiger partial charge in [0.15, 0.2) is 0 Å². The second-order valence-corrected chi connectivity index (χ2v) is 5.06. The van der Waals surface area contributed by atoms with E-state index in [-0.39, 0.29) is 42.2 Å². The lowest BCUT2D eigenvalue weighted by atomic mass is 10.1. The molecular formula is C13H15ClN4O6. The lowest BCUT2D eigenvalue weighted by Gasteiger charge is -2.10. The number of H-pyrrole nitrogens is 2. The summed E-state index contributed by atoms with van der Waals surface area (Å²) < 4.78 is 0. The van der Waals surface area contributed by atoms with Crippen LogP contribution in [0.3, 0.4) is 0 Å². The number of non-ortho nitro benzene ring substituents is 1. The molecule has 0 radical (unpaired) electrons. The number of benzene rings is 1. The Bertz CT molecular complexity index is 890. The Labute approximate surface area is 140 Å². The standard InChI is InChI=1S/C13H14N4O6.ClH/c1-6(13(20)21)4-14-5-7-2-8(17(22)23)3-9-10(7)16-12(19)11(18)15-9;/h2-3,6,14H,4-5H2,1H3,(H,15,18)(H,16,19)(H,20,21);1H. The highest BCUT2D eigenvalue weighted by atomic mass is 35.5. The summed E-state index contributed by atoms with van der Waals surface area (Å²) in [6.45, 7) is 1.76. The number of nitrogens with zero attached hydrogens (tertiary/aromatic N) is 1. The van der Waals surface area contributed by atoms with Crippen LogP contribution >= 0.6 is 12.4 Å². The second kappa shape index (κ2) is 7.70. The van der Waals surface area contributed by atoms with Gasteiger partial charge in [0, 0.05) is 25.2 Å². The number of carbonyl (C=O) groups is 1. The number of nitro benzene ring substituents is 1. The van der Waals surface area contributed by atoms with Crippen LogP contribution in [0.4, 0.5) is 5.69 Å². The van der Waals surface area contributed by atoms with Crippen molar-refractivity contribution in [3.8, 4) is 0 Å². The first-order chi connectivity index (χ1) is 10.8. The predicted molar refractivity (Wildman–Crippen MR) is 87.6 cm³/mol. The molecule has 0 saturated heterocycles. The van der Waals surface area contributed by atoms with E-state index in [2.05, 4.69) is 15.3 Å². The number of carboxylic acid groups (broad SMARTS) is 1. The lowest BCUT2D eigenvalue weighted by molar-refractivity contribution is -0.384. The quantitative estimate of drug-likeness (QED) is 0.329. The van der Waals surface area contributed by atoms with Crippen molar-refractivity contribution in [1.82, 2.24) is 15.3 Å². The van der Waals surface area contributed by atoms with Gasteiger partial charge in [0.25, 0.3) is 5.69 Å². The zero-order valence-corrected chi connectivity index (χ0v) is 13.3. The molecule has 11 heteroatoms. The highest BCUT2D eigenvalue weighted by Crippen LogP contribution is 2.21. The minimum absolute atomic E-state index is 0. The van der Waals surface area contributed by atoms with Gasteiger partial charge in [-0.15, -0.1) is 12.4 Å². The molecule has 4 N–H and O–H groups in total. The Hall–Kier alpha value is -2.72. The van der Waals surface area contributed by atoms with Crippen LogP contribution in [-0.2, 0) is 11.3 Å². The van der Waals surface area contributed by atoms with Gasteiger partial charge in [0.2, 0.25) is 0 Å². The average Bonchev–Trinajstić information content (AvgIpc) is 2.48. The summed E-state index contributed by atoms with van der Waals surface area (Å²) >= 11 is 0. The molecule has 2 aromatic rings. The highest BCUT2D eigenvalue weighted by molar-refractivity contribution is 5.85. The Balaban J connectivity index is 0.00000288. The number of hydrogen-bond acceptors (Lipinski definition) is 6. The van der Waals surface area contributed by atoms with Gasteiger partial charge in [0.05, 0.1) is 21.9 Å². The molecule has 0 spiro atoms. The van der Waals surface area contributed by atoms with Gasteiger partial charge in [-0.2, -0.15) is 0 Å². The van der Waals surface area contributed by atoms with E-state index in [4.69, 9.17) is 5.11 Å². The minimum atomic E-state index is -0.973. The van der Waals surface area contributed by atoms with E-state index in [1.165, 1.54) is 13.0 Å². The predicted octanol–water partition coefficient (Wildman–Crippen LogP) is 0.357. The first-order valence-corrected chi connectivity index (χ1v) is 6.66. The Morgan fingerprint density at radius 3 is 2.54 bits per heavy atom. The molecule has 10 nitrogen and oxygen atoms in total.